The number of aryl methyl sites for hydroxylation is 2. The summed E-state index contributed by atoms with van der Waals surface area (Å²) in [6.07, 6.45) is 7.85. The monoisotopic (exact) mass is 381 g/mol. The molecule has 0 bridgehead atoms. The number of H-pyrrole nitrogens is 1. The number of anilines is 1. The summed E-state index contributed by atoms with van der Waals surface area (Å²) in [4.78, 5) is 21.5. The Morgan fingerprint density at radius 2 is 2.14 bits per heavy atom. The van der Waals surface area contributed by atoms with E-state index in [0.29, 0.717) is 5.92 Å². The van der Waals surface area contributed by atoms with Gasteiger partial charge >= 0.3 is 0 Å². The Balaban J connectivity index is 1.69. The zero-order chi connectivity index (χ0) is 19.7. The number of aromatic nitrogens is 5. The summed E-state index contributed by atoms with van der Waals surface area (Å²) in [5, 5.41) is 4.14. The highest BCUT2D eigenvalue weighted by atomic mass is 16.5. The van der Waals surface area contributed by atoms with Gasteiger partial charge in [-0.15, -0.1) is 0 Å². The van der Waals surface area contributed by atoms with Gasteiger partial charge in [0.15, 0.2) is 0 Å². The second-order valence-electron chi connectivity index (χ2n) is 7.67. The van der Waals surface area contributed by atoms with Crippen LogP contribution in [0.25, 0.3) is 11.1 Å². The molecule has 0 unspecified atom stereocenters. The van der Waals surface area contributed by atoms with E-state index in [2.05, 4.69) is 25.0 Å². The highest BCUT2D eigenvalue weighted by Crippen LogP contribution is 2.36. The van der Waals surface area contributed by atoms with Crippen LogP contribution < -0.4 is 4.90 Å². The molecular formula is C20H27N7O. The largest absolute Gasteiger partial charge is 0.361 e. The van der Waals surface area contributed by atoms with Gasteiger partial charge in [0.05, 0.1) is 23.5 Å². The fraction of sp³-hybridized carbons (Fsp3) is 0.500. The van der Waals surface area contributed by atoms with Crippen molar-refractivity contribution in [1.82, 2.24) is 30.0 Å². The summed E-state index contributed by atoms with van der Waals surface area (Å²) in [6.45, 7) is 6.77. The lowest BCUT2D eigenvalue weighted by atomic mass is 9.89. The second-order valence-corrected chi connectivity index (χ2v) is 7.67. The van der Waals surface area contributed by atoms with Gasteiger partial charge in [0.1, 0.15) is 11.6 Å². The fourth-order valence-electron chi connectivity index (χ4n) is 3.99. The van der Waals surface area contributed by atoms with Gasteiger partial charge in [-0.1, -0.05) is 5.16 Å². The molecule has 0 aromatic carbocycles. The van der Waals surface area contributed by atoms with Crippen LogP contribution >= 0.6 is 0 Å². The van der Waals surface area contributed by atoms with Gasteiger partial charge in [-0.3, -0.25) is 4.90 Å². The fourth-order valence-corrected chi connectivity index (χ4v) is 3.99. The molecule has 1 fully saturated rings. The number of rotatable bonds is 5. The third-order valence-electron chi connectivity index (χ3n) is 5.33. The summed E-state index contributed by atoms with van der Waals surface area (Å²) >= 11 is 0. The van der Waals surface area contributed by atoms with E-state index in [1.54, 1.807) is 6.20 Å². The van der Waals surface area contributed by atoms with E-state index in [4.69, 9.17) is 9.51 Å². The maximum atomic E-state index is 5.42. The topological polar surface area (TPSA) is 87.0 Å². The van der Waals surface area contributed by atoms with Crippen LogP contribution in [-0.4, -0.2) is 57.2 Å². The van der Waals surface area contributed by atoms with Crippen molar-refractivity contribution in [2.75, 3.05) is 32.1 Å². The van der Waals surface area contributed by atoms with Gasteiger partial charge in [0.2, 0.25) is 5.95 Å². The second kappa shape index (κ2) is 7.71. The summed E-state index contributed by atoms with van der Waals surface area (Å²) in [6, 6.07) is 0. The number of hydrogen-bond donors (Lipinski definition) is 1. The average molecular weight is 381 g/mol. The van der Waals surface area contributed by atoms with Crippen molar-refractivity contribution in [2.45, 2.75) is 39.2 Å². The highest BCUT2D eigenvalue weighted by Gasteiger charge is 2.28. The molecule has 1 aliphatic rings. The van der Waals surface area contributed by atoms with Crippen LogP contribution in [0.2, 0.25) is 0 Å². The average Bonchev–Trinajstić information content (AvgIpc) is 3.31. The molecule has 0 saturated carbocycles. The Morgan fingerprint density at radius 1 is 1.29 bits per heavy atom. The first-order chi connectivity index (χ1) is 13.5. The number of aromatic amines is 1. The Bertz CT molecular complexity index is 913. The van der Waals surface area contributed by atoms with E-state index in [-0.39, 0.29) is 0 Å². The normalized spacial score (nSPS) is 17.8. The zero-order valence-corrected chi connectivity index (χ0v) is 16.9. The molecule has 0 spiro atoms. The van der Waals surface area contributed by atoms with Crippen molar-refractivity contribution in [3.8, 4) is 11.1 Å². The van der Waals surface area contributed by atoms with E-state index in [9.17, 15) is 0 Å². The predicted molar refractivity (Wildman–Crippen MR) is 107 cm³/mol. The molecule has 1 N–H and O–H groups in total. The minimum Gasteiger partial charge on any atom is -0.361 e. The van der Waals surface area contributed by atoms with Crippen molar-refractivity contribution in [3.63, 3.8) is 0 Å². The number of nitrogens with zero attached hydrogens (tertiary/aromatic N) is 6. The van der Waals surface area contributed by atoms with Crippen LogP contribution in [-0.2, 0) is 6.54 Å². The number of hydrogen-bond acceptors (Lipinski definition) is 7. The van der Waals surface area contributed by atoms with Crippen molar-refractivity contribution in [1.29, 1.82) is 0 Å². The quantitative estimate of drug-likeness (QED) is 0.727. The van der Waals surface area contributed by atoms with Crippen LogP contribution in [0.3, 0.4) is 0 Å². The van der Waals surface area contributed by atoms with Crippen LogP contribution in [0.5, 0.6) is 0 Å². The number of piperidine rings is 1. The van der Waals surface area contributed by atoms with Crippen LogP contribution in [0, 0.1) is 13.8 Å². The lowest BCUT2D eigenvalue weighted by molar-refractivity contribution is 0.195. The zero-order valence-electron chi connectivity index (χ0n) is 16.9. The SMILES string of the molecule is Cc1noc(C)c1-c1cnc(N(C)C)nc1[C@@H]1CCCN(Cc2ncc[nH]2)C1. The minimum absolute atomic E-state index is 0.328. The first-order valence-electron chi connectivity index (χ1n) is 9.71. The van der Waals surface area contributed by atoms with Crippen molar-refractivity contribution < 1.29 is 4.52 Å². The number of nitrogens with one attached hydrogen (secondary N) is 1. The van der Waals surface area contributed by atoms with E-state index in [1.165, 1.54) is 0 Å². The molecule has 0 radical (unpaired) electrons. The van der Waals surface area contributed by atoms with Gasteiger partial charge in [-0.2, -0.15) is 0 Å². The molecule has 0 amide bonds. The summed E-state index contributed by atoms with van der Waals surface area (Å²) in [5.74, 6) is 2.87. The molecular weight excluding hydrogens is 354 g/mol. The molecule has 4 rings (SSSR count). The van der Waals surface area contributed by atoms with Crippen LogP contribution in [0.1, 0.15) is 41.7 Å². The Hall–Kier alpha value is -2.74. The smallest absolute Gasteiger partial charge is 0.225 e. The molecule has 28 heavy (non-hydrogen) atoms. The summed E-state index contributed by atoms with van der Waals surface area (Å²) < 4.78 is 5.42. The lowest BCUT2D eigenvalue weighted by Crippen LogP contribution is -2.35. The minimum atomic E-state index is 0.328. The molecule has 1 saturated heterocycles. The molecule has 0 aliphatic carbocycles. The van der Waals surface area contributed by atoms with Crippen molar-refractivity contribution in [2.24, 2.45) is 0 Å². The van der Waals surface area contributed by atoms with Gasteiger partial charge in [-0.05, 0) is 33.2 Å². The molecule has 8 nitrogen and oxygen atoms in total. The maximum absolute atomic E-state index is 5.42. The van der Waals surface area contributed by atoms with Gasteiger partial charge in [0.25, 0.3) is 0 Å². The number of imidazole rings is 1. The van der Waals surface area contributed by atoms with Gasteiger partial charge < -0.3 is 14.4 Å². The Morgan fingerprint density at radius 3 is 2.82 bits per heavy atom. The van der Waals surface area contributed by atoms with Gasteiger partial charge in [0, 0.05) is 50.7 Å². The first kappa shape index (κ1) is 18.6. The predicted octanol–water partition coefficient (Wildman–Crippen LogP) is 2.92. The summed E-state index contributed by atoms with van der Waals surface area (Å²) in [7, 11) is 3.94. The maximum Gasteiger partial charge on any atom is 0.225 e. The Kier molecular flexibility index (Phi) is 5.13. The third kappa shape index (κ3) is 3.64. The molecule has 3 aromatic rings. The molecule has 1 aliphatic heterocycles. The van der Waals surface area contributed by atoms with E-state index in [1.807, 2.05) is 45.2 Å². The molecule has 1 atom stereocenters. The molecule has 148 valence electrons. The highest BCUT2D eigenvalue weighted by molar-refractivity contribution is 5.70. The standard InChI is InChI=1S/C20H27N7O/c1-13-18(14(2)28-25-13)16-10-23-20(26(3)4)24-19(16)15-6-5-9-27(11-15)12-17-21-7-8-22-17/h7-8,10,15H,5-6,9,11-12H2,1-4H3,(H,21,22)/t15-/m1/s1. The lowest BCUT2D eigenvalue weighted by Gasteiger charge is -2.33. The van der Waals surface area contributed by atoms with Crippen LogP contribution in [0.4, 0.5) is 5.95 Å². The first-order valence-corrected chi connectivity index (χ1v) is 9.71. The third-order valence-corrected chi connectivity index (χ3v) is 5.33. The molecule has 8 heteroatoms. The molecule has 4 heterocycles. The van der Waals surface area contributed by atoms with Crippen LogP contribution in [0.15, 0.2) is 23.1 Å². The number of likely N-dealkylation sites (tertiary alicyclic amines) is 1. The molecule has 3 aromatic heterocycles. The summed E-state index contributed by atoms with van der Waals surface area (Å²) in [5.41, 5.74) is 4.01. The van der Waals surface area contributed by atoms with Gasteiger partial charge in [-0.25, -0.2) is 15.0 Å². The van der Waals surface area contributed by atoms with Crippen molar-refractivity contribution >= 4 is 5.95 Å². The van der Waals surface area contributed by atoms with Crippen molar-refractivity contribution in [3.05, 3.63) is 41.6 Å². The van der Waals surface area contributed by atoms with E-state index >= 15 is 0 Å². The van der Waals surface area contributed by atoms with E-state index < -0.39 is 0 Å². The van der Waals surface area contributed by atoms with E-state index in [0.717, 1.165) is 72.5 Å². The Labute approximate surface area is 165 Å².